The summed E-state index contributed by atoms with van der Waals surface area (Å²) in [5, 5.41) is 0. The van der Waals surface area contributed by atoms with Crippen LogP contribution in [0, 0.1) is 19.8 Å². The van der Waals surface area contributed by atoms with Crippen LogP contribution in [0.15, 0.2) is 8.89 Å². The molecule has 0 aliphatic heterocycles. The van der Waals surface area contributed by atoms with Crippen LogP contribution in [0.5, 0.6) is 0 Å². The molecule has 1 aromatic heterocycles. The molecule has 0 saturated heterocycles. The van der Waals surface area contributed by atoms with Crippen molar-refractivity contribution in [2.45, 2.75) is 46.0 Å². The summed E-state index contributed by atoms with van der Waals surface area (Å²) in [6.45, 7) is 4.57. The minimum Gasteiger partial charge on any atom is -0.465 e. The minimum absolute atomic E-state index is 0.0619. The lowest BCUT2D eigenvalue weighted by atomic mass is 9.89. The first-order valence-electron chi connectivity index (χ1n) is 7.01. The SMILES string of the molecule is Cc1oc(C)c(C(=O)N(C)CC2CCCCC2)c1Br. The molecule has 0 N–H and O–H groups in total. The molecule has 0 aromatic carbocycles. The van der Waals surface area contributed by atoms with Crippen molar-refractivity contribution in [3.8, 4) is 0 Å². The Kier molecular flexibility index (Phi) is 4.71. The zero-order valence-electron chi connectivity index (χ0n) is 12.0. The molecule has 19 heavy (non-hydrogen) atoms. The molecule has 0 radical (unpaired) electrons. The molecule has 1 amide bonds. The van der Waals surface area contributed by atoms with Crippen LogP contribution in [0.25, 0.3) is 0 Å². The Hall–Kier alpha value is -0.770. The second kappa shape index (κ2) is 6.12. The van der Waals surface area contributed by atoms with Crippen LogP contribution in [0.2, 0.25) is 0 Å². The number of hydrogen-bond acceptors (Lipinski definition) is 2. The van der Waals surface area contributed by atoms with Crippen molar-refractivity contribution >= 4 is 21.8 Å². The van der Waals surface area contributed by atoms with Gasteiger partial charge in [-0.1, -0.05) is 19.3 Å². The summed E-state index contributed by atoms with van der Waals surface area (Å²) in [5.41, 5.74) is 0.677. The van der Waals surface area contributed by atoms with Crippen LogP contribution >= 0.6 is 15.9 Å². The Labute approximate surface area is 123 Å². The number of nitrogens with zero attached hydrogens (tertiary/aromatic N) is 1. The zero-order chi connectivity index (χ0) is 14.0. The highest BCUT2D eigenvalue weighted by molar-refractivity contribution is 9.10. The van der Waals surface area contributed by atoms with Crippen molar-refractivity contribution < 1.29 is 9.21 Å². The third kappa shape index (κ3) is 3.22. The Morgan fingerprint density at radius 3 is 2.42 bits per heavy atom. The van der Waals surface area contributed by atoms with Crippen LogP contribution in [0.4, 0.5) is 0 Å². The molecular formula is C15H22BrNO2. The van der Waals surface area contributed by atoms with Crippen LogP contribution in [0.3, 0.4) is 0 Å². The van der Waals surface area contributed by atoms with Gasteiger partial charge in [0.1, 0.15) is 11.5 Å². The third-order valence-electron chi connectivity index (χ3n) is 4.00. The molecular weight excluding hydrogens is 306 g/mol. The average molecular weight is 328 g/mol. The molecule has 1 saturated carbocycles. The number of carbonyl (C=O) groups excluding carboxylic acids is 1. The predicted molar refractivity (Wildman–Crippen MR) is 79.4 cm³/mol. The fraction of sp³-hybridized carbons (Fsp3) is 0.667. The molecule has 4 heteroatoms. The van der Waals surface area contributed by atoms with E-state index in [2.05, 4.69) is 15.9 Å². The molecule has 0 bridgehead atoms. The van der Waals surface area contributed by atoms with Gasteiger partial charge in [0.05, 0.1) is 10.0 Å². The van der Waals surface area contributed by atoms with E-state index in [1.165, 1.54) is 32.1 Å². The molecule has 1 aromatic rings. The van der Waals surface area contributed by atoms with Crippen LogP contribution in [0.1, 0.15) is 54.0 Å². The molecule has 0 atom stereocenters. The summed E-state index contributed by atoms with van der Waals surface area (Å²) in [7, 11) is 1.89. The molecule has 0 unspecified atom stereocenters. The van der Waals surface area contributed by atoms with E-state index in [1.807, 2.05) is 25.8 Å². The van der Waals surface area contributed by atoms with E-state index in [0.29, 0.717) is 17.2 Å². The summed E-state index contributed by atoms with van der Waals surface area (Å²) >= 11 is 3.45. The van der Waals surface area contributed by atoms with E-state index in [4.69, 9.17) is 4.42 Å². The number of halogens is 1. The molecule has 1 fully saturated rings. The van der Waals surface area contributed by atoms with Crippen molar-refractivity contribution in [2.75, 3.05) is 13.6 Å². The van der Waals surface area contributed by atoms with E-state index in [0.717, 1.165) is 16.8 Å². The predicted octanol–water partition coefficient (Wildman–Crippen LogP) is 4.31. The standard InChI is InChI=1S/C15H22BrNO2/c1-10-13(14(16)11(2)19-10)15(18)17(3)9-12-7-5-4-6-8-12/h12H,4-9H2,1-3H3. The number of furan rings is 1. The van der Waals surface area contributed by atoms with E-state index in [9.17, 15) is 4.79 Å². The normalized spacial score (nSPS) is 16.6. The lowest BCUT2D eigenvalue weighted by Gasteiger charge is -2.27. The van der Waals surface area contributed by atoms with E-state index >= 15 is 0 Å². The second-order valence-electron chi connectivity index (χ2n) is 5.59. The Bertz CT molecular complexity index is 461. The number of hydrogen-bond donors (Lipinski definition) is 0. The number of amides is 1. The molecule has 1 aliphatic carbocycles. The Balaban J connectivity index is 2.05. The lowest BCUT2D eigenvalue weighted by Crippen LogP contribution is -2.33. The smallest absolute Gasteiger partial charge is 0.258 e. The van der Waals surface area contributed by atoms with Gasteiger partial charge in [0.25, 0.3) is 5.91 Å². The van der Waals surface area contributed by atoms with Gasteiger partial charge >= 0.3 is 0 Å². The van der Waals surface area contributed by atoms with Crippen LogP contribution in [-0.4, -0.2) is 24.4 Å². The molecule has 0 spiro atoms. The van der Waals surface area contributed by atoms with Crippen molar-refractivity contribution in [3.05, 3.63) is 21.6 Å². The number of aryl methyl sites for hydroxylation is 2. The summed E-state index contributed by atoms with van der Waals surface area (Å²) in [5.74, 6) is 2.19. The Morgan fingerprint density at radius 2 is 1.89 bits per heavy atom. The fourth-order valence-electron chi connectivity index (χ4n) is 2.93. The summed E-state index contributed by atoms with van der Waals surface area (Å²) < 4.78 is 6.31. The largest absolute Gasteiger partial charge is 0.465 e. The van der Waals surface area contributed by atoms with E-state index in [-0.39, 0.29) is 5.91 Å². The molecule has 2 rings (SSSR count). The summed E-state index contributed by atoms with van der Waals surface area (Å²) in [6.07, 6.45) is 6.46. The third-order valence-corrected chi connectivity index (χ3v) is 4.96. The van der Waals surface area contributed by atoms with Crippen molar-refractivity contribution in [3.63, 3.8) is 0 Å². The average Bonchev–Trinajstić information content (AvgIpc) is 2.63. The highest BCUT2D eigenvalue weighted by Crippen LogP contribution is 2.29. The van der Waals surface area contributed by atoms with Gasteiger partial charge in [-0.05, 0) is 48.5 Å². The molecule has 1 aliphatic rings. The lowest BCUT2D eigenvalue weighted by molar-refractivity contribution is 0.0758. The highest BCUT2D eigenvalue weighted by atomic mass is 79.9. The van der Waals surface area contributed by atoms with E-state index in [1.54, 1.807) is 0 Å². The summed E-state index contributed by atoms with van der Waals surface area (Å²) in [6, 6.07) is 0. The first kappa shape index (κ1) is 14.6. The molecule has 3 nitrogen and oxygen atoms in total. The number of rotatable bonds is 3. The highest BCUT2D eigenvalue weighted by Gasteiger charge is 2.25. The monoisotopic (exact) mass is 327 g/mol. The maximum absolute atomic E-state index is 12.5. The summed E-state index contributed by atoms with van der Waals surface area (Å²) in [4.78, 5) is 14.4. The quantitative estimate of drug-likeness (QED) is 0.828. The molecule has 1 heterocycles. The van der Waals surface area contributed by atoms with Crippen LogP contribution in [-0.2, 0) is 0 Å². The van der Waals surface area contributed by atoms with Gasteiger partial charge in [0, 0.05) is 13.6 Å². The van der Waals surface area contributed by atoms with Gasteiger partial charge in [-0.2, -0.15) is 0 Å². The maximum Gasteiger partial charge on any atom is 0.258 e. The van der Waals surface area contributed by atoms with E-state index < -0.39 is 0 Å². The van der Waals surface area contributed by atoms with Crippen LogP contribution < -0.4 is 0 Å². The van der Waals surface area contributed by atoms with Gasteiger partial charge in [-0.25, -0.2) is 0 Å². The fourth-order valence-corrected chi connectivity index (χ4v) is 3.46. The van der Waals surface area contributed by atoms with Gasteiger partial charge < -0.3 is 9.32 Å². The van der Waals surface area contributed by atoms with Gasteiger partial charge in [-0.3, -0.25) is 4.79 Å². The first-order valence-corrected chi connectivity index (χ1v) is 7.81. The zero-order valence-corrected chi connectivity index (χ0v) is 13.5. The maximum atomic E-state index is 12.5. The van der Waals surface area contributed by atoms with Gasteiger partial charge in [0.15, 0.2) is 0 Å². The van der Waals surface area contributed by atoms with Gasteiger partial charge in [-0.15, -0.1) is 0 Å². The topological polar surface area (TPSA) is 33.5 Å². The van der Waals surface area contributed by atoms with Crippen molar-refractivity contribution in [2.24, 2.45) is 5.92 Å². The first-order chi connectivity index (χ1) is 9.00. The van der Waals surface area contributed by atoms with Crippen molar-refractivity contribution in [1.29, 1.82) is 0 Å². The number of carbonyl (C=O) groups is 1. The minimum atomic E-state index is 0.0619. The van der Waals surface area contributed by atoms with Gasteiger partial charge in [0.2, 0.25) is 0 Å². The molecule has 106 valence electrons. The second-order valence-corrected chi connectivity index (χ2v) is 6.39. The Morgan fingerprint density at radius 1 is 1.26 bits per heavy atom. The van der Waals surface area contributed by atoms with Crippen molar-refractivity contribution in [1.82, 2.24) is 4.90 Å².